The van der Waals surface area contributed by atoms with Crippen LogP contribution in [0.25, 0.3) is 10.4 Å². The Morgan fingerprint density at radius 2 is 1.32 bits per heavy atom. The van der Waals surface area contributed by atoms with E-state index in [-0.39, 0.29) is 90.6 Å². The highest BCUT2D eigenvalue weighted by molar-refractivity contribution is 9.10. The number of rotatable bonds is 35. The fourth-order valence-corrected chi connectivity index (χ4v) is 6.20. The molecule has 370 valence electrons. The van der Waals surface area contributed by atoms with E-state index in [2.05, 4.69) is 52.5 Å². The first-order valence-corrected chi connectivity index (χ1v) is 22.6. The molecule has 0 unspecified atom stereocenters. The van der Waals surface area contributed by atoms with Crippen molar-refractivity contribution in [1.29, 1.82) is 0 Å². The molecule has 0 saturated heterocycles. The highest BCUT2D eigenvalue weighted by Crippen LogP contribution is 2.15. The fourth-order valence-electron chi connectivity index (χ4n) is 5.94. The summed E-state index contributed by atoms with van der Waals surface area (Å²) in [6.07, 6.45) is 1.41. The Labute approximate surface area is 392 Å². The number of carboxylic acids is 3. The first-order chi connectivity index (χ1) is 31.3. The third-order valence-corrected chi connectivity index (χ3v) is 9.79. The van der Waals surface area contributed by atoms with E-state index in [1.54, 1.807) is 25.7 Å². The SMILES string of the molecule is CC(C)(C)OC(=O)NCCCC[C@H](NC(=O)CCOCCOCCN=[N+]=[N-])C(=O)NCCCCC(=O)N(CCCC[C@H](NC(=O)N[C@@H](CCC(=O)O)C(=O)O)C(=O)O)Cc1ccc(Br)cc1. The van der Waals surface area contributed by atoms with Crippen LogP contribution in [0.4, 0.5) is 9.59 Å². The third kappa shape index (κ3) is 29.7. The van der Waals surface area contributed by atoms with Crippen molar-refractivity contribution in [3.05, 3.63) is 44.7 Å². The van der Waals surface area contributed by atoms with Gasteiger partial charge in [0.15, 0.2) is 0 Å². The lowest BCUT2D eigenvalue weighted by Gasteiger charge is -2.24. The van der Waals surface area contributed by atoms with Gasteiger partial charge in [-0.25, -0.2) is 19.2 Å². The van der Waals surface area contributed by atoms with Crippen molar-refractivity contribution < 1.29 is 67.9 Å². The number of nitrogens with zero attached hydrogens (tertiary/aromatic N) is 4. The lowest BCUT2D eigenvalue weighted by molar-refractivity contribution is -0.141. The zero-order valence-electron chi connectivity index (χ0n) is 37.9. The Morgan fingerprint density at radius 1 is 0.727 bits per heavy atom. The summed E-state index contributed by atoms with van der Waals surface area (Å²) in [5, 5.41) is 43.8. The van der Waals surface area contributed by atoms with E-state index in [0.29, 0.717) is 38.6 Å². The molecular formula is C42H66BrN9O14. The van der Waals surface area contributed by atoms with Crippen molar-refractivity contribution in [3.8, 4) is 0 Å². The van der Waals surface area contributed by atoms with Crippen LogP contribution < -0.4 is 26.6 Å². The summed E-state index contributed by atoms with van der Waals surface area (Å²) in [7, 11) is 0. The number of amides is 6. The quantitative estimate of drug-likeness (QED) is 0.0204. The smallest absolute Gasteiger partial charge is 0.407 e. The molecule has 6 amide bonds. The van der Waals surface area contributed by atoms with Gasteiger partial charge < -0.3 is 61.0 Å². The second kappa shape index (κ2) is 33.7. The molecule has 0 aliphatic rings. The van der Waals surface area contributed by atoms with E-state index < -0.39 is 78.4 Å². The summed E-state index contributed by atoms with van der Waals surface area (Å²) in [5.74, 6) is -5.07. The highest BCUT2D eigenvalue weighted by Gasteiger charge is 2.26. The number of carbonyl (C=O) groups is 8. The van der Waals surface area contributed by atoms with Gasteiger partial charge in [0.05, 0.1) is 26.4 Å². The number of nitrogens with one attached hydrogen (secondary N) is 5. The number of ether oxygens (including phenoxy) is 3. The van der Waals surface area contributed by atoms with Gasteiger partial charge in [-0.05, 0) is 102 Å². The molecule has 0 saturated carbocycles. The zero-order chi connectivity index (χ0) is 49.3. The predicted molar refractivity (Wildman–Crippen MR) is 242 cm³/mol. The number of alkyl carbamates (subject to hydrolysis) is 1. The molecule has 1 aromatic carbocycles. The molecule has 0 aliphatic carbocycles. The van der Waals surface area contributed by atoms with Crippen LogP contribution in [0.15, 0.2) is 33.9 Å². The predicted octanol–water partition coefficient (Wildman–Crippen LogP) is 4.22. The fraction of sp³-hybridized carbons (Fsp3) is 0.667. The minimum atomic E-state index is -1.54. The normalized spacial score (nSPS) is 12.3. The number of azide groups is 1. The first kappa shape index (κ1) is 58.3. The molecule has 0 aliphatic heterocycles. The van der Waals surface area contributed by atoms with Crippen LogP contribution in [0.5, 0.6) is 0 Å². The van der Waals surface area contributed by atoms with E-state index in [4.69, 9.17) is 24.8 Å². The molecule has 66 heavy (non-hydrogen) atoms. The molecule has 24 heteroatoms. The Hall–Kier alpha value is -5.71. The van der Waals surface area contributed by atoms with Gasteiger partial charge in [-0.1, -0.05) is 33.2 Å². The van der Waals surface area contributed by atoms with Crippen molar-refractivity contribution in [2.45, 2.75) is 128 Å². The van der Waals surface area contributed by atoms with Gasteiger partial charge in [0.1, 0.15) is 23.7 Å². The number of benzene rings is 1. The molecule has 0 bridgehead atoms. The standard InChI is InChI=1S/C42H66BrN9O14/c1-42(2,3)66-41(63)46-21-7-4-10-31(48-34(53)19-24-64-26-27-65-25-22-47-51-44)37(57)45-20-8-5-12-35(54)52(28-29-13-15-30(43)16-14-29)23-9-6-11-32(38(58)59)49-40(62)50-33(39(60)61)17-18-36(55)56/h13-16,31-33H,4-12,17-28H2,1-3H3,(H,45,57)(H,46,63)(H,48,53)(H,55,56)(H,58,59)(H,60,61)(H2,49,50,62)/t31-,32-,33-/m0/s1. The van der Waals surface area contributed by atoms with Crippen molar-refractivity contribution in [2.75, 3.05) is 52.6 Å². The third-order valence-electron chi connectivity index (χ3n) is 9.26. The summed E-state index contributed by atoms with van der Waals surface area (Å²) < 4.78 is 16.8. The molecule has 0 radical (unpaired) electrons. The molecule has 0 fully saturated rings. The molecule has 1 aromatic rings. The highest BCUT2D eigenvalue weighted by atomic mass is 79.9. The van der Waals surface area contributed by atoms with Crippen molar-refractivity contribution in [1.82, 2.24) is 31.5 Å². The number of carbonyl (C=O) groups excluding carboxylic acids is 5. The summed E-state index contributed by atoms with van der Waals surface area (Å²) in [4.78, 5) is 103. The van der Waals surface area contributed by atoms with Crippen LogP contribution in [0, 0.1) is 0 Å². The monoisotopic (exact) mass is 999 g/mol. The number of halogens is 1. The Bertz CT molecular complexity index is 1740. The molecular weight excluding hydrogens is 934 g/mol. The van der Waals surface area contributed by atoms with Gasteiger partial charge in [-0.15, -0.1) is 0 Å². The number of carboxylic acid groups (broad SMARTS) is 3. The molecule has 3 atom stereocenters. The maximum atomic E-state index is 13.5. The topological polar surface area (TPSA) is 337 Å². The van der Waals surface area contributed by atoms with Gasteiger partial charge in [-0.2, -0.15) is 0 Å². The van der Waals surface area contributed by atoms with Gasteiger partial charge in [0, 0.05) is 61.4 Å². The lowest BCUT2D eigenvalue weighted by Crippen LogP contribution is -2.51. The molecule has 0 heterocycles. The Balaban J connectivity index is 2.77. The van der Waals surface area contributed by atoms with Crippen molar-refractivity contribution in [2.24, 2.45) is 5.11 Å². The van der Waals surface area contributed by atoms with Gasteiger partial charge in [0.2, 0.25) is 17.7 Å². The van der Waals surface area contributed by atoms with E-state index in [0.717, 1.165) is 10.0 Å². The number of urea groups is 1. The van der Waals surface area contributed by atoms with E-state index >= 15 is 0 Å². The first-order valence-electron chi connectivity index (χ1n) is 21.8. The number of hydrogen-bond donors (Lipinski definition) is 8. The minimum Gasteiger partial charge on any atom is -0.481 e. The van der Waals surface area contributed by atoms with Gasteiger partial charge in [0.25, 0.3) is 0 Å². The van der Waals surface area contributed by atoms with Crippen molar-refractivity contribution >= 4 is 63.7 Å². The van der Waals surface area contributed by atoms with Crippen LogP contribution in [-0.4, -0.2) is 144 Å². The van der Waals surface area contributed by atoms with E-state index in [1.165, 1.54) is 0 Å². The average Bonchev–Trinajstić information content (AvgIpc) is 3.24. The second-order valence-electron chi connectivity index (χ2n) is 16.0. The maximum Gasteiger partial charge on any atom is 0.407 e. The Kier molecular flexibility index (Phi) is 29.8. The number of aliphatic carboxylic acids is 3. The second-order valence-corrected chi connectivity index (χ2v) is 16.9. The van der Waals surface area contributed by atoms with Gasteiger partial charge in [-0.3, -0.25) is 19.2 Å². The minimum absolute atomic E-state index is 0.0116. The Morgan fingerprint density at radius 3 is 1.94 bits per heavy atom. The average molecular weight is 1000 g/mol. The molecule has 0 aromatic heterocycles. The molecule has 0 spiro atoms. The molecule has 1 rings (SSSR count). The van der Waals surface area contributed by atoms with Crippen LogP contribution in [-0.2, 0) is 49.5 Å². The summed E-state index contributed by atoms with van der Waals surface area (Å²) in [5.41, 5.74) is 8.50. The maximum absolute atomic E-state index is 13.5. The van der Waals surface area contributed by atoms with Crippen LogP contribution in [0.2, 0.25) is 0 Å². The number of hydrogen-bond acceptors (Lipinski definition) is 12. The van der Waals surface area contributed by atoms with Crippen LogP contribution >= 0.6 is 15.9 Å². The van der Waals surface area contributed by atoms with Crippen LogP contribution in [0.3, 0.4) is 0 Å². The summed E-state index contributed by atoms with van der Waals surface area (Å²) in [6.45, 7) is 7.29. The molecule has 23 nitrogen and oxygen atoms in total. The number of unbranched alkanes of at least 4 members (excludes halogenated alkanes) is 3. The van der Waals surface area contributed by atoms with E-state index in [9.17, 15) is 48.6 Å². The van der Waals surface area contributed by atoms with Gasteiger partial charge >= 0.3 is 30.0 Å². The summed E-state index contributed by atoms with van der Waals surface area (Å²) in [6, 6.07) is 2.53. The lowest BCUT2D eigenvalue weighted by atomic mass is 10.1. The largest absolute Gasteiger partial charge is 0.481 e. The van der Waals surface area contributed by atoms with Crippen LogP contribution in [0.1, 0.15) is 103 Å². The van der Waals surface area contributed by atoms with Crippen molar-refractivity contribution in [3.63, 3.8) is 0 Å². The summed E-state index contributed by atoms with van der Waals surface area (Å²) >= 11 is 3.40. The zero-order valence-corrected chi connectivity index (χ0v) is 39.5. The molecule has 8 N–H and O–H groups in total. The van der Waals surface area contributed by atoms with E-state index in [1.807, 2.05) is 24.3 Å².